The smallest absolute Gasteiger partial charge is 0.325 e. The molecule has 1 atom stereocenters. The first-order valence-electron chi connectivity index (χ1n) is 11.1. The SMILES string of the molecule is CCN1C(=O)C(CC(=O)Nc2ccc(Br)cc2)N(Cc2c(/N=C(\[O-])c3ccccc3)on[n+]2C)C1=S. The van der Waals surface area contributed by atoms with Gasteiger partial charge in [-0.05, 0) is 59.6 Å². The summed E-state index contributed by atoms with van der Waals surface area (Å²) in [6.45, 7) is 2.24. The average Bonchev–Trinajstić information content (AvgIpc) is 3.32. The molecule has 0 spiro atoms. The molecule has 1 aliphatic heterocycles. The summed E-state index contributed by atoms with van der Waals surface area (Å²) in [7, 11) is 1.64. The fourth-order valence-electron chi connectivity index (χ4n) is 3.78. The van der Waals surface area contributed by atoms with Crippen molar-refractivity contribution < 1.29 is 23.9 Å². The lowest BCUT2D eigenvalue weighted by molar-refractivity contribution is -0.746. The zero-order valence-electron chi connectivity index (χ0n) is 19.6. The summed E-state index contributed by atoms with van der Waals surface area (Å²) < 4.78 is 7.60. The largest absolute Gasteiger partial charge is 0.858 e. The Hall–Kier alpha value is -3.64. The molecule has 2 amide bonds. The van der Waals surface area contributed by atoms with Crippen molar-refractivity contribution >= 4 is 62.5 Å². The van der Waals surface area contributed by atoms with E-state index in [2.05, 4.69) is 31.5 Å². The Morgan fingerprint density at radius 1 is 1.25 bits per heavy atom. The van der Waals surface area contributed by atoms with Gasteiger partial charge in [-0.25, -0.2) is 4.99 Å². The molecule has 1 N–H and O–H groups in total. The molecule has 1 unspecified atom stereocenters. The Balaban J connectivity index is 1.58. The second kappa shape index (κ2) is 11.0. The molecule has 10 nitrogen and oxygen atoms in total. The van der Waals surface area contributed by atoms with Gasteiger partial charge in [0.25, 0.3) is 11.6 Å². The fraction of sp³-hybridized carbons (Fsp3) is 0.250. The third-order valence-electron chi connectivity index (χ3n) is 5.66. The van der Waals surface area contributed by atoms with Gasteiger partial charge in [-0.2, -0.15) is 0 Å². The highest BCUT2D eigenvalue weighted by Gasteiger charge is 2.44. The van der Waals surface area contributed by atoms with E-state index in [9.17, 15) is 14.7 Å². The normalized spacial score (nSPS) is 16.1. The van der Waals surface area contributed by atoms with Crippen LogP contribution in [-0.4, -0.2) is 50.5 Å². The number of nitrogens with zero attached hydrogens (tertiary/aromatic N) is 5. The molecular weight excluding hydrogens is 548 g/mol. The van der Waals surface area contributed by atoms with Crippen molar-refractivity contribution in [2.45, 2.75) is 25.9 Å². The Kier molecular flexibility index (Phi) is 7.75. The number of benzene rings is 2. The molecule has 0 aliphatic carbocycles. The average molecular weight is 571 g/mol. The molecule has 2 aromatic carbocycles. The molecule has 1 saturated heterocycles. The number of aryl methyl sites for hydroxylation is 1. The minimum Gasteiger partial charge on any atom is -0.858 e. The van der Waals surface area contributed by atoms with Crippen LogP contribution in [0.3, 0.4) is 0 Å². The van der Waals surface area contributed by atoms with Crippen LogP contribution < -0.4 is 15.1 Å². The highest BCUT2D eigenvalue weighted by atomic mass is 79.9. The van der Waals surface area contributed by atoms with Crippen LogP contribution in [0.4, 0.5) is 11.6 Å². The predicted molar refractivity (Wildman–Crippen MR) is 137 cm³/mol. The number of carbonyl (C=O) groups is 2. The standard InChI is InChI=1S/C24H23BrN6O4S/c1-3-30-23(34)18(13-20(32)26-17-11-9-16(25)10-12-17)31(24(30)36)14-19-22(35-28-29(19)2)27-21(33)15-7-5-4-6-8-15/h4-12,18H,3,13-14H2,1-2H3,(H-,26,27,28,32,33). The lowest BCUT2D eigenvalue weighted by Crippen LogP contribution is -2.42. The van der Waals surface area contributed by atoms with E-state index in [1.165, 1.54) is 9.58 Å². The molecule has 1 fully saturated rings. The lowest BCUT2D eigenvalue weighted by atomic mass is 10.1. The van der Waals surface area contributed by atoms with E-state index in [-0.39, 0.29) is 35.8 Å². The third-order valence-corrected chi connectivity index (χ3v) is 6.64. The monoisotopic (exact) mass is 570 g/mol. The lowest BCUT2D eigenvalue weighted by Gasteiger charge is -2.21. The number of aromatic nitrogens is 2. The van der Waals surface area contributed by atoms with Gasteiger partial charge >= 0.3 is 5.88 Å². The van der Waals surface area contributed by atoms with Crippen molar-refractivity contribution in [2.24, 2.45) is 12.0 Å². The van der Waals surface area contributed by atoms with Crippen molar-refractivity contribution in [2.75, 3.05) is 11.9 Å². The van der Waals surface area contributed by atoms with Crippen molar-refractivity contribution in [3.63, 3.8) is 0 Å². The number of thiocarbonyl (C=S) groups is 1. The summed E-state index contributed by atoms with van der Waals surface area (Å²) in [6.07, 6.45) is -0.115. The maximum atomic E-state index is 13.1. The van der Waals surface area contributed by atoms with Crippen LogP contribution in [0.25, 0.3) is 0 Å². The third kappa shape index (κ3) is 5.44. The first-order chi connectivity index (χ1) is 17.3. The van der Waals surface area contributed by atoms with Gasteiger partial charge in [0, 0.05) is 16.7 Å². The molecular formula is C24H23BrN6O4S. The van der Waals surface area contributed by atoms with E-state index in [1.807, 2.05) is 19.1 Å². The zero-order chi connectivity index (χ0) is 25.8. The highest BCUT2D eigenvalue weighted by Crippen LogP contribution is 2.26. The number of likely N-dealkylation sites (N-methyl/N-ethyl adjacent to an activating group) is 1. The number of carbonyl (C=O) groups excluding carboxylic acids is 2. The first kappa shape index (κ1) is 25.5. The molecule has 1 aromatic heterocycles. The molecule has 2 heterocycles. The number of hydrogen-bond acceptors (Lipinski definition) is 7. The molecule has 0 radical (unpaired) electrons. The summed E-state index contributed by atoms with van der Waals surface area (Å²) in [6, 6.07) is 14.9. The van der Waals surface area contributed by atoms with Gasteiger partial charge in [0.1, 0.15) is 12.6 Å². The van der Waals surface area contributed by atoms with Crippen LogP contribution in [0.5, 0.6) is 0 Å². The Morgan fingerprint density at radius 3 is 2.61 bits per heavy atom. The maximum absolute atomic E-state index is 13.1. The molecule has 0 bridgehead atoms. The van der Waals surface area contributed by atoms with Gasteiger partial charge < -0.3 is 15.3 Å². The van der Waals surface area contributed by atoms with Crippen molar-refractivity contribution in [3.05, 3.63) is 70.3 Å². The van der Waals surface area contributed by atoms with Crippen LogP contribution in [0, 0.1) is 0 Å². The summed E-state index contributed by atoms with van der Waals surface area (Å²) in [4.78, 5) is 33.1. The van der Waals surface area contributed by atoms with Crippen molar-refractivity contribution in [1.29, 1.82) is 0 Å². The van der Waals surface area contributed by atoms with Gasteiger partial charge in [-0.3, -0.25) is 19.0 Å². The van der Waals surface area contributed by atoms with Gasteiger partial charge in [0.05, 0.1) is 6.42 Å². The summed E-state index contributed by atoms with van der Waals surface area (Å²) in [5.41, 5.74) is 1.45. The van der Waals surface area contributed by atoms with E-state index >= 15 is 0 Å². The molecule has 36 heavy (non-hydrogen) atoms. The highest BCUT2D eigenvalue weighted by molar-refractivity contribution is 9.10. The van der Waals surface area contributed by atoms with Gasteiger partial charge in [0.2, 0.25) is 11.2 Å². The summed E-state index contributed by atoms with van der Waals surface area (Å²) >= 11 is 8.93. The van der Waals surface area contributed by atoms with Crippen molar-refractivity contribution in [1.82, 2.24) is 15.1 Å². The fourth-order valence-corrected chi connectivity index (χ4v) is 4.45. The number of hydrogen-bond donors (Lipinski definition) is 1. The Bertz CT molecular complexity index is 1310. The van der Waals surface area contributed by atoms with Gasteiger partial charge in [-0.1, -0.05) is 46.3 Å². The second-order valence-electron chi connectivity index (χ2n) is 8.00. The van der Waals surface area contributed by atoms with Gasteiger partial charge in [-0.15, -0.1) is 0 Å². The predicted octanol–water partition coefficient (Wildman–Crippen LogP) is 2.05. The number of rotatable bonds is 8. The van der Waals surface area contributed by atoms with E-state index < -0.39 is 11.9 Å². The van der Waals surface area contributed by atoms with Crippen LogP contribution in [-0.2, 0) is 23.2 Å². The van der Waals surface area contributed by atoms with E-state index in [0.29, 0.717) is 23.5 Å². The minimum atomic E-state index is -0.833. The first-order valence-corrected chi connectivity index (χ1v) is 12.3. The second-order valence-corrected chi connectivity index (χ2v) is 9.28. The van der Waals surface area contributed by atoms with Gasteiger partial charge in [0.15, 0.2) is 12.2 Å². The number of nitrogens with one attached hydrogen (secondary N) is 1. The van der Waals surface area contributed by atoms with E-state index in [1.54, 1.807) is 54.4 Å². The maximum Gasteiger partial charge on any atom is 0.325 e. The van der Waals surface area contributed by atoms with Crippen molar-refractivity contribution in [3.8, 4) is 0 Å². The van der Waals surface area contributed by atoms with Crippen LogP contribution in [0.2, 0.25) is 0 Å². The minimum absolute atomic E-state index is 0.00890. The van der Waals surface area contributed by atoms with E-state index in [0.717, 1.165) is 4.47 Å². The number of anilines is 1. The Labute approximate surface area is 221 Å². The number of halogens is 1. The topological polar surface area (TPSA) is 118 Å². The van der Waals surface area contributed by atoms with Crippen LogP contribution >= 0.6 is 28.1 Å². The van der Waals surface area contributed by atoms with Crippen LogP contribution in [0.15, 0.2) is 68.6 Å². The molecule has 12 heteroatoms. The molecule has 186 valence electrons. The number of amides is 2. The molecule has 0 saturated carbocycles. The Morgan fingerprint density at radius 2 is 1.94 bits per heavy atom. The molecule has 1 aliphatic rings. The van der Waals surface area contributed by atoms with Crippen LogP contribution in [0.1, 0.15) is 24.6 Å². The van der Waals surface area contributed by atoms with E-state index in [4.69, 9.17) is 16.7 Å². The zero-order valence-corrected chi connectivity index (χ0v) is 22.0. The summed E-state index contributed by atoms with van der Waals surface area (Å²) in [5, 5.41) is 19.6. The molecule has 3 aromatic rings. The molecule has 4 rings (SSSR count). The quantitative estimate of drug-likeness (QED) is 0.190. The number of aliphatic imine (C=N–C) groups is 1. The summed E-state index contributed by atoms with van der Waals surface area (Å²) in [5.74, 6) is -1.09.